The van der Waals surface area contributed by atoms with Gasteiger partial charge in [-0.3, -0.25) is 0 Å². The van der Waals surface area contributed by atoms with Crippen LogP contribution in [-0.2, 0) is 9.47 Å². The summed E-state index contributed by atoms with van der Waals surface area (Å²) in [5.74, 6) is 0.604. The lowest BCUT2D eigenvalue weighted by molar-refractivity contribution is 0.0387. The van der Waals surface area contributed by atoms with E-state index in [4.69, 9.17) is 9.47 Å². The molecular weight excluding hydrogens is 204 g/mol. The van der Waals surface area contributed by atoms with E-state index in [0.29, 0.717) is 19.1 Å². The number of likely N-dealkylation sites (N-methyl/N-ethyl adjacent to an activating group) is 1. The molecule has 0 rings (SSSR count). The van der Waals surface area contributed by atoms with Crippen molar-refractivity contribution in [2.24, 2.45) is 5.92 Å². The first kappa shape index (κ1) is 15.8. The fraction of sp³-hybridized carbons (Fsp3) is 1.00. The van der Waals surface area contributed by atoms with Crippen molar-refractivity contribution >= 4 is 0 Å². The molecule has 0 bridgehead atoms. The molecule has 16 heavy (non-hydrogen) atoms. The summed E-state index contributed by atoms with van der Waals surface area (Å²) in [6, 6.07) is 0. The molecule has 0 aromatic carbocycles. The molecule has 0 amide bonds. The summed E-state index contributed by atoms with van der Waals surface area (Å²) in [6.45, 7) is 10.3. The Morgan fingerprint density at radius 2 is 1.69 bits per heavy atom. The predicted molar refractivity (Wildman–Crippen MR) is 67.9 cm³/mol. The summed E-state index contributed by atoms with van der Waals surface area (Å²) in [5.41, 5.74) is 0. The summed E-state index contributed by atoms with van der Waals surface area (Å²) in [4.78, 5) is 2.16. The second kappa shape index (κ2) is 11.3. The Balaban J connectivity index is 2.93. The fourth-order valence-corrected chi connectivity index (χ4v) is 1.11. The van der Waals surface area contributed by atoms with E-state index >= 15 is 0 Å². The Labute approximate surface area is 100 Å². The van der Waals surface area contributed by atoms with Crippen LogP contribution in [0.25, 0.3) is 0 Å². The number of nitrogens with zero attached hydrogens (tertiary/aromatic N) is 1. The molecule has 0 spiro atoms. The van der Waals surface area contributed by atoms with E-state index in [-0.39, 0.29) is 0 Å². The van der Waals surface area contributed by atoms with Crippen LogP contribution < -0.4 is 5.32 Å². The third-order valence-electron chi connectivity index (χ3n) is 1.98. The first-order valence-electron chi connectivity index (χ1n) is 6.14. The first-order chi connectivity index (χ1) is 7.63. The quantitative estimate of drug-likeness (QED) is 0.535. The van der Waals surface area contributed by atoms with Crippen LogP contribution in [0.3, 0.4) is 0 Å². The van der Waals surface area contributed by atoms with Gasteiger partial charge in [-0.15, -0.1) is 0 Å². The van der Waals surface area contributed by atoms with Crippen LogP contribution in [0.5, 0.6) is 0 Å². The van der Waals surface area contributed by atoms with Gasteiger partial charge in [0.05, 0.1) is 19.8 Å². The van der Waals surface area contributed by atoms with Crippen LogP contribution in [0.15, 0.2) is 0 Å². The molecule has 0 saturated heterocycles. The Morgan fingerprint density at radius 1 is 1.00 bits per heavy atom. The summed E-state index contributed by atoms with van der Waals surface area (Å²) in [5, 5.41) is 3.32. The maximum Gasteiger partial charge on any atom is 0.0701 e. The zero-order chi connectivity index (χ0) is 12.2. The highest BCUT2D eigenvalue weighted by atomic mass is 16.5. The molecule has 0 aliphatic heterocycles. The Hall–Kier alpha value is -0.160. The van der Waals surface area contributed by atoms with Crippen molar-refractivity contribution in [3.63, 3.8) is 0 Å². The van der Waals surface area contributed by atoms with Gasteiger partial charge >= 0.3 is 0 Å². The van der Waals surface area contributed by atoms with E-state index in [2.05, 4.69) is 38.2 Å². The molecule has 0 aromatic heterocycles. The number of rotatable bonds is 11. The van der Waals surface area contributed by atoms with Crippen LogP contribution in [0.4, 0.5) is 0 Å². The second-order valence-corrected chi connectivity index (χ2v) is 4.63. The van der Waals surface area contributed by atoms with E-state index < -0.39 is 0 Å². The molecule has 98 valence electrons. The highest BCUT2D eigenvalue weighted by Gasteiger charge is 1.94. The average Bonchev–Trinajstić information content (AvgIpc) is 2.20. The minimum atomic E-state index is 0.604. The summed E-state index contributed by atoms with van der Waals surface area (Å²) < 4.78 is 10.8. The highest BCUT2D eigenvalue weighted by Crippen LogP contribution is 1.91. The van der Waals surface area contributed by atoms with E-state index in [1.807, 2.05) is 0 Å². The number of nitrogens with one attached hydrogen (secondary N) is 1. The monoisotopic (exact) mass is 232 g/mol. The summed E-state index contributed by atoms with van der Waals surface area (Å²) in [7, 11) is 4.15. The Kier molecular flexibility index (Phi) is 11.2. The lowest BCUT2D eigenvalue weighted by Gasteiger charge is -2.10. The number of ether oxygens (including phenoxy) is 2. The predicted octanol–water partition coefficient (Wildman–Crippen LogP) is 0.827. The van der Waals surface area contributed by atoms with Crippen molar-refractivity contribution in [2.45, 2.75) is 13.8 Å². The Bertz CT molecular complexity index is 125. The molecule has 0 saturated carbocycles. The normalized spacial score (nSPS) is 11.6. The SMILES string of the molecule is CC(C)COCCOCCNCCN(C)C. The van der Waals surface area contributed by atoms with Crippen molar-refractivity contribution in [1.82, 2.24) is 10.2 Å². The van der Waals surface area contributed by atoms with Gasteiger partial charge in [0.15, 0.2) is 0 Å². The average molecular weight is 232 g/mol. The van der Waals surface area contributed by atoms with Crippen LogP contribution in [-0.4, -0.2) is 65.1 Å². The van der Waals surface area contributed by atoms with Gasteiger partial charge in [0.2, 0.25) is 0 Å². The van der Waals surface area contributed by atoms with E-state index in [0.717, 1.165) is 32.8 Å². The van der Waals surface area contributed by atoms with Gasteiger partial charge in [-0.1, -0.05) is 13.8 Å². The zero-order valence-corrected chi connectivity index (χ0v) is 11.3. The van der Waals surface area contributed by atoms with Gasteiger partial charge in [0.25, 0.3) is 0 Å². The second-order valence-electron chi connectivity index (χ2n) is 4.63. The molecule has 0 radical (unpaired) electrons. The van der Waals surface area contributed by atoms with E-state index in [9.17, 15) is 0 Å². The van der Waals surface area contributed by atoms with Crippen LogP contribution in [0.1, 0.15) is 13.8 Å². The van der Waals surface area contributed by atoms with Crippen molar-refractivity contribution in [2.75, 3.05) is 60.2 Å². The zero-order valence-electron chi connectivity index (χ0n) is 11.3. The van der Waals surface area contributed by atoms with Crippen LogP contribution in [0.2, 0.25) is 0 Å². The van der Waals surface area contributed by atoms with Crippen LogP contribution >= 0.6 is 0 Å². The maximum absolute atomic E-state index is 5.42. The lowest BCUT2D eigenvalue weighted by atomic mass is 10.2. The standard InChI is InChI=1S/C12H28N2O2/c1-12(2)11-16-10-9-15-8-6-13-5-7-14(3)4/h12-13H,5-11H2,1-4H3. The van der Waals surface area contributed by atoms with E-state index in [1.54, 1.807) is 0 Å². The van der Waals surface area contributed by atoms with Gasteiger partial charge in [0.1, 0.15) is 0 Å². The molecular formula is C12H28N2O2. The largest absolute Gasteiger partial charge is 0.379 e. The maximum atomic E-state index is 5.42. The number of hydrogen-bond acceptors (Lipinski definition) is 4. The van der Waals surface area contributed by atoms with Gasteiger partial charge in [-0.25, -0.2) is 0 Å². The minimum absolute atomic E-state index is 0.604. The van der Waals surface area contributed by atoms with E-state index in [1.165, 1.54) is 0 Å². The van der Waals surface area contributed by atoms with Crippen LogP contribution in [0, 0.1) is 5.92 Å². The number of hydrogen-bond donors (Lipinski definition) is 1. The van der Waals surface area contributed by atoms with Crippen molar-refractivity contribution in [3.8, 4) is 0 Å². The summed E-state index contributed by atoms with van der Waals surface area (Å²) >= 11 is 0. The van der Waals surface area contributed by atoms with Gasteiger partial charge in [-0.2, -0.15) is 0 Å². The molecule has 0 aliphatic carbocycles. The fourth-order valence-electron chi connectivity index (χ4n) is 1.11. The van der Waals surface area contributed by atoms with Crippen molar-refractivity contribution in [1.29, 1.82) is 0 Å². The molecule has 0 atom stereocenters. The third kappa shape index (κ3) is 13.8. The lowest BCUT2D eigenvalue weighted by Crippen LogP contribution is -2.29. The van der Waals surface area contributed by atoms with Gasteiger partial charge in [-0.05, 0) is 20.0 Å². The highest BCUT2D eigenvalue weighted by molar-refractivity contribution is 4.49. The molecule has 4 heteroatoms. The molecule has 1 N–H and O–H groups in total. The molecule has 0 heterocycles. The summed E-state index contributed by atoms with van der Waals surface area (Å²) in [6.07, 6.45) is 0. The smallest absolute Gasteiger partial charge is 0.0701 e. The molecule has 0 aliphatic rings. The van der Waals surface area contributed by atoms with Gasteiger partial charge in [0, 0.05) is 26.2 Å². The Morgan fingerprint density at radius 3 is 2.31 bits per heavy atom. The molecule has 4 nitrogen and oxygen atoms in total. The van der Waals surface area contributed by atoms with Crippen molar-refractivity contribution in [3.05, 3.63) is 0 Å². The minimum Gasteiger partial charge on any atom is -0.379 e. The molecule has 0 unspecified atom stereocenters. The first-order valence-corrected chi connectivity index (χ1v) is 6.14. The third-order valence-corrected chi connectivity index (χ3v) is 1.98. The molecule has 0 fully saturated rings. The topological polar surface area (TPSA) is 33.7 Å². The van der Waals surface area contributed by atoms with Crippen molar-refractivity contribution < 1.29 is 9.47 Å². The van der Waals surface area contributed by atoms with Gasteiger partial charge < -0.3 is 19.7 Å². The molecule has 0 aromatic rings.